The van der Waals surface area contributed by atoms with Crippen LogP contribution in [0, 0.1) is 0 Å². The summed E-state index contributed by atoms with van der Waals surface area (Å²) in [5.74, 6) is 0. The first-order chi connectivity index (χ1) is 6.90. The van der Waals surface area contributed by atoms with Crippen molar-refractivity contribution in [1.29, 1.82) is 0 Å². The van der Waals surface area contributed by atoms with Gasteiger partial charge in [-0.05, 0) is 24.5 Å². The molecule has 3 nitrogen and oxygen atoms in total. The van der Waals surface area contributed by atoms with Crippen LogP contribution in [-0.4, -0.2) is 24.4 Å². The number of fused-ring (bicyclic) bond motifs is 1. The molecule has 0 aromatic heterocycles. The van der Waals surface area contributed by atoms with Crippen molar-refractivity contribution >= 4 is 5.69 Å². The molecule has 1 atom stereocenters. The van der Waals surface area contributed by atoms with Gasteiger partial charge in [-0.15, -0.1) is 0 Å². The Labute approximate surface area is 84.1 Å². The van der Waals surface area contributed by atoms with Crippen molar-refractivity contribution < 1.29 is 5.11 Å². The number of rotatable bonds is 3. The van der Waals surface area contributed by atoms with Crippen LogP contribution in [0.4, 0.5) is 5.69 Å². The lowest BCUT2D eigenvalue weighted by molar-refractivity contribution is 0.284. The molecule has 1 heterocycles. The molecule has 1 aliphatic rings. The lowest BCUT2D eigenvalue weighted by Crippen LogP contribution is -2.40. The minimum absolute atomic E-state index is 0.194. The number of benzene rings is 1. The number of hydrogen-bond donors (Lipinski definition) is 3. The molecular weight excluding hydrogens is 176 g/mol. The summed E-state index contributed by atoms with van der Waals surface area (Å²) in [6.07, 6.45) is 2.49. The largest absolute Gasteiger partial charge is 0.395 e. The Morgan fingerprint density at radius 1 is 1.43 bits per heavy atom. The van der Waals surface area contributed by atoms with Gasteiger partial charge in [0.2, 0.25) is 0 Å². The van der Waals surface area contributed by atoms with Crippen molar-refractivity contribution in [2.24, 2.45) is 0 Å². The summed E-state index contributed by atoms with van der Waals surface area (Å²) in [4.78, 5) is 0. The van der Waals surface area contributed by atoms with Crippen LogP contribution in [0.25, 0.3) is 0 Å². The molecule has 0 amide bonds. The maximum Gasteiger partial charge on any atom is 0.0772 e. The second-order valence-electron chi connectivity index (χ2n) is 3.57. The number of aliphatic hydroxyl groups excluding tert-OH is 1. The zero-order valence-electron chi connectivity index (χ0n) is 8.16. The number of aryl methyl sites for hydroxylation is 1. The summed E-state index contributed by atoms with van der Waals surface area (Å²) in [6, 6.07) is 8.37. The monoisotopic (exact) mass is 192 g/mol. The van der Waals surface area contributed by atoms with E-state index in [1.165, 1.54) is 11.3 Å². The van der Waals surface area contributed by atoms with E-state index in [9.17, 15) is 0 Å². The van der Waals surface area contributed by atoms with Crippen LogP contribution in [-0.2, 0) is 6.42 Å². The molecule has 0 radical (unpaired) electrons. The highest BCUT2D eigenvalue weighted by atomic mass is 16.3. The van der Waals surface area contributed by atoms with Gasteiger partial charge in [0.15, 0.2) is 0 Å². The third-order valence-corrected chi connectivity index (χ3v) is 2.55. The highest BCUT2D eigenvalue weighted by molar-refractivity contribution is 5.53. The van der Waals surface area contributed by atoms with Gasteiger partial charge in [0.1, 0.15) is 0 Å². The molecule has 1 unspecified atom stereocenters. The normalized spacial score (nSPS) is 19.9. The fourth-order valence-electron chi connectivity index (χ4n) is 1.83. The average Bonchev–Trinajstić information content (AvgIpc) is 2.26. The maximum absolute atomic E-state index is 8.70. The van der Waals surface area contributed by atoms with E-state index in [1.54, 1.807) is 0 Å². The topological polar surface area (TPSA) is 44.3 Å². The SMILES string of the molecule is OCCNC1CCc2ccccc2N1. The second kappa shape index (κ2) is 4.44. The molecule has 3 heteroatoms. The van der Waals surface area contributed by atoms with E-state index in [0.717, 1.165) is 12.8 Å². The molecule has 14 heavy (non-hydrogen) atoms. The van der Waals surface area contributed by atoms with E-state index in [2.05, 4.69) is 28.8 Å². The van der Waals surface area contributed by atoms with Crippen molar-refractivity contribution in [3.05, 3.63) is 29.8 Å². The fraction of sp³-hybridized carbons (Fsp3) is 0.455. The number of anilines is 1. The molecular formula is C11H16N2O. The van der Waals surface area contributed by atoms with E-state index in [-0.39, 0.29) is 6.61 Å². The molecule has 76 valence electrons. The standard InChI is InChI=1S/C11H16N2O/c14-8-7-12-11-6-5-9-3-1-2-4-10(9)13-11/h1-4,11-14H,5-8H2. The molecule has 2 rings (SSSR count). The third-order valence-electron chi connectivity index (χ3n) is 2.55. The Morgan fingerprint density at radius 2 is 2.29 bits per heavy atom. The summed E-state index contributed by atoms with van der Waals surface area (Å²) < 4.78 is 0. The van der Waals surface area contributed by atoms with Gasteiger partial charge in [-0.25, -0.2) is 0 Å². The van der Waals surface area contributed by atoms with Crippen LogP contribution in [0.2, 0.25) is 0 Å². The molecule has 0 aliphatic carbocycles. The van der Waals surface area contributed by atoms with Gasteiger partial charge in [-0.2, -0.15) is 0 Å². The number of hydrogen-bond acceptors (Lipinski definition) is 3. The van der Waals surface area contributed by atoms with Crippen LogP contribution in [0.1, 0.15) is 12.0 Å². The molecule has 0 bridgehead atoms. The van der Waals surface area contributed by atoms with E-state index in [1.807, 2.05) is 6.07 Å². The van der Waals surface area contributed by atoms with Gasteiger partial charge in [-0.3, -0.25) is 5.32 Å². The van der Waals surface area contributed by atoms with Gasteiger partial charge in [0.05, 0.1) is 12.8 Å². The van der Waals surface area contributed by atoms with Gasteiger partial charge in [0, 0.05) is 12.2 Å². The zero-order chi connectivity index (χ0) is 9.80. The van der Waals surface area contributed by atoms with E-state index in [4.69, 9.17) is 5.11 Å². The van der Waals surface area contributed by atoms with E-state index in [0.29, 0.717) is 12.7 Å². The van der Waals surface area contributed by atoms with Gasteiger partial charge >= 0.3 is 0 Å². The predicted octanol–water partition coefficient (Wildman–Crippen LogP) is 0.953. The van der Waals surface area contributed by atoms with Crippen LogP contribution < -0.4 is 10.6 Å². The first-order valence-electron chi connectivity index (χ1n) is 5.09. The Bertz CT molecular complexity index is 301. The van der Waals surface area contributed by atoms with Crippen molar-refractivity contribution in [1.82, 2.24) is 5.32 Å². The average molecular weight is 192 g/mol. The quantitative estimate of drug-likeness (QED) is 0.668. The number of nitrogens with one attached hydrogen (secondary N) is 2. The fourth-order valence-corrected chi connectivity index (χ4v) is 1.83. The Kier molecular flexibility index (Phi) is 3.01. The minimum Gasteiger partial charge on any atom is -0.395 e. The smallest absolute Gasteiger partial charge is 0.0772 e. The maximum atomic E-state index is 8.70. The summed E-state index contributed by atoms with van der Waals surface area (Å²) in [5, 5.41) is 15.4. The Hall–Kier alpha value is -1.06. The minimum atomic E-state index is 0.194. The Morgan fingerprint density at radius 3 is 3.14 bits per heavy atom. The zero-order valence-corrected chi connectivity index (χ0v) is 8.16. The molecule has 0 spiro atoms. The third kappa shape index (κ3) is 2.05. The summed E-state index contributed by atoms with van der Waals surface area (Å²) in [6.45, 7) is 0.847. The van der Waals surface area contributed by atoms with Gasteiger partial charge in [-0.1, -0.05) is 18.2 Å². The van der Waals surface area contributed by atoms with Gasteiger partial charge in [0.25, 0.3) is 0 Å². The van der Waals surface area contributed by atoms with Crippen molar-refractivity contribution in [3.63, 3.8) is 0 Å². The van der Waals surface area contributed by atoms with E-state index >= 15 is 0 Å². The second-order valence-corrected chi connectivity index (χ2v) is 3.57. The lowest BCUT2D eigenvalue weighted by Gasteiger charge is -2.27. The summed E-state index contributed by atoms with van der Waals surface area (Å²) in [7, 11) is 0. The molecule has 0 saturated heterocycles. The number of aliphatic hydroxyl groups is 1. The van der Waals surface area contributed by atoms with E-state index < -0.39 is 0 Å². The first-order valence-corrected chi connectivity index (χ1v) is 5.09. The van der Waals surface area contributed by atoms with Crippen LogP contribution in [0.5, 0.6) is 0 Å². The predicted molar refractivity (Wildman–Crippen MR) is 57.3 cm³/mol. The van der Waals surface area contributed by atoms with Crippen molar-refractivity contribution in [2.45, 2.75) is 19.0 Å². The van der Waals surface area contributed by atoms with Gasteiger partial charge < -0.3 is 10.4 Å². The van der Waals surface area contributed by atoms with Crippen LogP contribution in [0.15, 0.2) is 24.3 Å². The Balaban J connectivity index is 1.99. The van der Waals surface area contributed by atoms with Crippen LogP contribution in [0.3, 0.4) is 0 Å². The summed E-state index contributed by atoms with van der Waals surface area (Å²) in [5.41, 5.74) is 2.60. The van der Waals surface area contributed by atoms with Crippen LogP contribution >= 0.6 is 0 Å². The molecule has 3 N–H and O–H groups in total. The van der Waals surface area contributed by atoms with Crippen molar-refractivity contribution in [2.75, 3.05) is 18.5 Å². The molecule has 1 aromatic rings. The highest BCUT2D eigenvalue weighted by Crippen LogP contribution is 2.22. The number of para-hydroxylation sites is 1. The molecule has 0 fully saturated rings. The molecule has 1 aliphatic heterocycles. The van der Waals surface area contributed by atoms with Crippen molar-refractivity contribution in [3.8, 4) is 0 Å². The summed E-state index contributed by atoms with van der Waals surface area (Å²) >= 11 is 0. The molecule has 1 aromatic carbocycles. The molecule has 0 saturated carbocycles. The lowest BCUT2D eigenvalue weighted by atomic mass is 10.0. The first kappa shape index (κ1) is 9.49. The highest BCUT2D eigenvalue weighted by Gasteiger charge is 2.15.